The maximum atomic E-state index is 13.0. The van der Waals surface area contributed by atoms with Crippen molar-refractivity contribution in [2.75, 3.05) is 19.7 Å². The van der Waals surface area contributed by atoms with Crippen LogP contribution in [-0.4, -0.2) is 41.6 Å². The molecule has 1 saturated carbocycles. The zero-order valence-electron chi connectivity index (χ0n) is 16.7. The first kappa shape index (κ1) is 19.1. The monoisotopic (exact) mass is 378 g/mol. The molecular formula is C24H30N2O2. The average molecular weight is 379 g/mol. The number of piperidine rings is 1. The lowest BCUT2D eigenvalue weighted by molar-refractivity contribution is -0.0326. The molecule has 0 spiro atoms. The smallest absolute Gasteiger partial charge is 0.255 e. The summed E-state index contributed by atoms with van der Waals surface area (Å²) in [5, 5.41) is 0. The van der Waals surface area contributed by atoms with E-state index in [9.17, 15) is 4.79 Å². The number of hydrogen-bond acceptors (Lipinski definition) is 3. The fraction of sp³-hybridized carbons (Fsp3) is 0.500. The molecule has 2 heterocycles. The van der Waals surface area contributed by atoms with Gasteiger partial charge in [0.15, 0.2) is 0 Å². The Bertz CT molecular complexity index is 771. The molecule has 1 aromatic carbocycles. The number of aryl methyl sites for hydroxylation is 1. The number of pyridine rings is 1. The van der Waals surface area contributed by atoms with Crippen LogP contribution in [0.15, 0.2) is 48.7 Å². The Morgan fingerprint density at radius 3 is 2.64 bits per heavy atom. The van der Waals surface area contributed by atoms with Crippen LogP contribution in [-0.2, 0) is 17.6 Å². The molecule has 0 bridgehead atoms. The van der Waals surface area contributed by atoms with Crippen molar-refractivity contribution in [3.8, 4) is 0 Å². The molecule has 0 N–H and O–H groups in total. The van der Waals surface area contributed by atoms with Gasteiger partial charge in [-0.15, -0.1) is 0 Å². The molecule has 28 heavy (non-hydrogen) atoms. The van der Waals surface area contributed by atoms with Crippen molar-refractivity contribution in [2.24, 2.45) is 11.8 Å². The third-order valence-corrected chi connectivity index (χ3v) is 5.97. The fourth-order valence-electron chi connectivity index (χ4n) is 4.01. The Morgan fingerprint density at radius 1 is 1.14 bits per heavy atom. The van der Waals surface area contributed by atoms with Crippen molar-refractivity contribution < 1.29 is 9.53 Å². The first-order chi connectivity index (χ1) is 13.7. The predicted octanol–water partition coefficient (Wildman–Crippen LogP) is 4.14. The highest BCUT2D eigenvalue weighted by Gasteiger charge is 2.34. The van der Waals surface area contributed by atoms with Crippen LogP contribution in [0.3, 0.4) is 0 Å². The molecule has 2 aromatic rings. The lowest BCUT2D eigenvalue weighted by atomic mass is 9.88. The number of amides is 1. The lowest BCUT2D eigenvalue weighted by Crippen LogP contribution is -2.47. The number of carbonyl (C=O) groups is 1. The molecular weight excluding hydrogens is 348 g/mol. The zero-order chi connectivity index (χ0) is 19.3. The van der Waals surface area contributed by atoms with Crippen LogP contribution >= 0.6 is 0 Å². The number of carbonyl (C=O) groups excluding carboxylic acids is 1. The zero-order valence-corrected chi connectivity index (χ0v) is 16.7. The first-order valence-corrected chi connectivity index (χ1v) is 10.6. The third-order valence-electron chi connectivity index (χ3n) is 5.97. The molecule has 2 fully saturated rings. The molecule has 4 rings (SSSR count). The number of nitrogens with zero attached hydrogens (tertiary/aromatic N) is 2. The number of aromatic nitrogens is 1. The molecule has 0 unspecified atom stereocenters. The van der Waals surface area contributed by atoms with E-state index < -0.39 is 0 Å². The van der Waals surface area contributed by atoms with Crippen LogP contribution in [0.2, 0.25) is 0 Å². The minimum Gasteiger partial charge on any atom is -0.377 e. The van der Waals surface area contributed by atoms with Crippen molar-refractivity contribution in [3.05, 3.63) is 65.5 Å². The minimum absolute atomic E-state index is 0.0915. The summed E-state index contributed by atoms with van der Waals surface area (Å²) in [6.45, 7) is 4.46. The van der Waals surface area contributed by atoms with Gasteiger partial charge in [0.25, 0.3) is 5.91 Å². The van der Waals surface area contributed by atoms with Gasteiger partial charge in [0, 0.05) is 37.5 Å². The van der Waals surface area contributed by atoms with Gasteiger partial charge in [-0.1, -0.05) is 37.3 Å². The maximum Gasteiger partial charge on any atom is 0.255 e. The van der Waals surface area contributed by atoms with Gasteiger partial charge in [0.2, 0.25) is 0 Å². The third kappa shape index (κ3) is 4.79. The molecule has 0 radical (unpaired) electrons. The summed E-state index contributed by atoms with van der Waals surface area (Å²) < 4.78 is 6.31. The van der Waals surface area contributed by atoms with E-state index in [2.05, 4.69) is 36.2 Å². The van der Waals surface area contributed by atoms with E-state index in [-0.39, 0.29) is 12.0 Å². The molecule has 1 aliphatic heterocycles. The van der Waals surface area contributed by atoms with Gasteiger partial charge in [-0.3, -0.25) is 9.78 Å². The van der Waals surface area contributed by atoms with Gasteiger partial charge in [0.1, 0.15) is 0 Å². The first-order valence-electron chi connectivity index (χ1n) is 10.6. The highest BCUT2D eigenvalue weighted by Crippen LogP contribution is 2.32. The van der Waals surface area contributed by atoms with E-state index in [1.165, 1.54) is 18.4 Å². The molecule has 1 saturated heterocycles. The molecule has 4 nitrogen and oxygen atoms in total. The summed E-state index contributed by atoms with van der Waals surface area (Å²) in [6, 6.07) is 14.4. The van der Waals surface area contributed by atoms with Crippen LogP contribution in [0, 0.1) is 11.8 Å². The van der Waals surface area contributed by atoms with Gasteiger partial charge in [-0.25, -0.2) is 0 Å². The second-order valence-electron chi connectivity index (χ2n) is 8.20. The van der Waals surface area contributed by atoms with Gasteiger partial charge in [0.05, 0.1) is 11.7 Å². The van der Waals surface area contributed by atoms with Crippen LogP contribution < -0.4 is 0 Å². The molecule has 2 atom stereocenters. The minimum atomic E-state index is 0.0915. The van der Waals surface area contributed by atoms with E-state index in [1.54, 1.807) is 6.20 Å². The highest BCUT2D eigenvalue weighted by molar-refractivity contribution is 5.94. The second-order valence-corrected chi connectivity index (χ2v) is 8.20. The topological polar surface area (TPSA) is 42.4 Å². The Balaban J connectivity index is 1.44. The van der Waals surface area contributed by atoms with E-state index in [4.69, 9.17) is 4.74 Å². The second kappa shape index (κ2) is 8.87. The summed E-state index contributed by atoms with van der Waals surface area (Å²) in [7, 11) is 0. The highest BCUT2D eigenvalue weighted by atomic mass is 16.5. The van der Waals surface area contributed by atoms with Crippen LogP contribution in [0.4, 0.5) is 0 Å². The largest absolute Gasteiger partial charge is 0.377 e. The van der Waals surface area contributed by atoms with Crippen molar-refractivity contribution in [1.82, 2.24) is 9.88 Å². The summed E-state index contributed by atoms with van der Waals surface area (Å²) in [5.41, 5.74) is 3.02. The molecule has 1 amide bonds. The maximum absolute atomic E-state index is 13.0. The van der Waals surface area contributed by atoms with E-state index in [0.29, 0.717) is 11.5 Å². The van der Waals surface area contributed by atoms with E-state index >= 15 is 0 Å². The summed E-state index contributed by atoms with van der Waals surface area (Å²) in [5.74, 6) is 1.19. The Hall–Kier alpha value is -2.20. The molecule has 2 aliphatic rings. The standard InChI is InChI=1S/C24H30N2O2/c1-2-22-11-10-20(15-25-22)24(27)26-13-12-23(28-17-19-8-9-19)21(16-26)14-18-6-4-3-5-7-18/h3-7,10-11,15,19,21,23H,2,8-9,12-14,16-17H2,1H3/t21-,23-/m1/s1. The molecule has 1 aromatic heterocycles. The molecule has 148 valence electrons. The Labute approximate surface area is 167 Å². The summed E-state index contributed by atoms with van der Waals surface area (Å²) in [4.78, 5) is 19.4. The quantitative estimate of drug-likeness (QED) is 0.727. The average Bonchev–Trinajstić information content (AvgIpc) is 3.58. The number of rotatable bonds is 7. The van der Waals surface area contributed by atoms with Gasteiger partial charge >= 0.3 is 0 Å². The fourth-order valence-corrected chi connectivity index (χ4v) is 4.01. The van der Waals surface area contributed by atoms with Crippen LogP contribution in [0.1, 0.15) is 47.8 Å². The number of likely N-dealkylation sites (tertiary alicyclic amines) is 1. The predicted molar refractivity (Wildman–Crippen MR) is 110 cm³/mol. The number of ether oxygens (including phenoxy) is 1. The van der Waals surface area contributed by atoms with Crippen LogP contribution in [0.25, 0.3) is 0 Å². The number of hydrogen-bond donors (Lipinski definition) is 0. The number of benzene rings is 1. The lowest BCUT2D eigenvalue weighted by Gasteiger charge is -2.38. The van der Waals surface area contributed by atoms with Crippen molar-refractivity contribution in [3.63, 3.8) is 0 Å². The molecule has 1 aliphatic carbocycles. The van der Waals surface area contributed by atoms with Gasteiger partial charge in [-0.05, 0) is 55.7 Å². The summed E-state index contributed by atoms with van der Waals surface area (Å²) in [6.07, 6.45) is 7.33. The SMILES string of the molecule is CCc1ccc(C(=O)N2CC[C@@H](OCC3CC3)[C@H](Cc3ccccc3)C2)cn1. The van der Waals surface area contributed by atoms with Gasteiger partial charge < -0.3 is 9.64 Å². The Morgan fingerprint density at radius 2 is 1.96 bits per heavy atom. The van der Waals surface area contributed by atoms with Crippen LogP contribution in [0.5, 0.6) is 0 Å². The van der Waals surface area contributed by atoms with Gasteiger partial charge in [-0.2, -0.15) is 0 Å². The summed E-state index contributed by atoms with van der Waals surface area (Å²) >= 11 is 0. The van der Waals surface area contributed by atoms with E-state index in [0.717, 1.165) is 50.6 Å². The van der Waals surface area contributed by atoms with E-state index in [1.807, 2.05) is 23.1 Å². The Kier molecular flexibility index (Phi) is 6.06. The van der Waals surface area contributed by atoms with Crippen molar-refractivity contribution in [2.45, 2.75) is 45.1 Å². The molecule has 4 heteroatoms. The van der Waals surface area contributed by atoms with Crippen molar-refractivity contribution >= 4 is 5.91 Å². The van der Waals surface area contributed by atoms with Crippen molar-refractivity contribution in [1.29, 1.82) is 0 Å². The normalized spacial score (nSPS) is 22.2.